The van der Waals surface area contributed by atoms with E-state index >= 15 is 0 Å². The molecule has 1 saturated heterocycles. The summed E-state index contributed by atoms with van der Waals surface area (Å²) < 4.78 is 6.36. The van der Waals surface area contributed by atoms with E-state index in [0.717, 1.165) is 4.57 Å². The number of aliphatic hydroxyl groups excluding tert-OH is 3. The van der Waals surface area contributed by atoms with Crippen LogP contribution in [0.15, 0.2) is 11.0 Å². The van der Waals surface area contributed by atoms with Gasteiger partial charge in [-0.2, -0.15) is 4.98 Å². The highest BCUT2D eigenvalue weighted by molar-refractivity contribution is 5.36. The zero-order valence-corrected chi connectivity index (χ0v) is 10.4. The Morgan fingerprint density at radius 1 is 1.47 bits per heavy atom. The van der Waals surface area contributed by atoms with Gasteiger partial charge in [0.1, 0.15) is 24.1 Å². The van der Waals surface area contributed by atoms with Crippen molar-refractivity contribution < 1.29 is 20.1 Å². The molecule has 2 heterocycles. The molecule has 5 N–H and O–H groups in total. The third kappa shape index (κ3) is 2.35. The lowest BCUT2D eigenvalue weighted by Gasteiger charge is -2.18. The first-order chi connectivity index (χ1) is 8.99. The number of rotatable bonds is 3. The smallest absolute Gasteiger partial charge is 0.351 e. The highest BCUT2D eigenvalue weighted by Crippen LogP contribution is 2.28. The van der Waals surface area contributed by atoms with Crippen molar-refractivity contribution in [1.82, 2.24) is 9.55 Å². The molecular weight excluding hydrogens is 254 g/mol. The third-order valence-corrected chi connectivity index (χ3v) is 3.23. The number of hydrogen-bond donors (Lipinski definition) is 4. The van der Waals surface area contributed by atoms with Crippen LogP contribution >= 0.6 is 0 Å². The molecule has 0 aromatic carbocycles. The molecule has 1 aliphatic heterocycles. The summed E-state index contributed by atoms with van der Waals surface area (Å²) >= 11 is 0. The van der Waals surface area contributed by atoms with E-state index in [1.165, 1.54) is 6.20 Å². The molecule has 1 aliphatic rings. The number of aliphatic hydroxyl groups is 3. The molecule has 1 aromatic heterocycles. The van der Waals surface area contributed by atoms with Crippen LogP contribution in [0.5, 0.6) is 0 Å². The van der Waals surface area contributed by atoms with Crippen molar-refractivity contribution in [2.45, 2.75) is 37.9 Å². The maximum atomic E-state index is 11.8. The van der Waals surface area contributed by atoms with Crippen LogP contribution in [0.4, 0.5) is 5.82 Å². The quantitative estimate of drug-likeness (QED) is 0.500. The average Bonchev–Trinajstić information content (AvgIpc) is 2.67. The molecule has 4 atom stereocenters. The monoisotopic (exact) mass is 271 g/mol. The highest BCUT2D eigenvalue weighted by atomic mass is 16.6. The van der Waals surface area contributed by atoms with Gasteiger partial charge in [0.2, 0.25) is 0 Å². The molecule has 2 rings (SSSR count). The maximum absolute atomic E-state index is 11.8. The Balaban J connectivity index is 2.40. The molecule has 0 aliphatic carbocycles. The minimum Gasteiger partial charge on any atom is -0.394 e. The van der Waals surface area contributed by atoms with Gasteiger partial charge in [-0.05, 0) is 6.42 Å². The van der Waals surface area contributed by atoms with Gasteiger partial charge in [-0.15, -0.1) is 0 Å². The van der Waals surface area contributed by atoms with E-state index in [4.69, 9.17) is 15.6 Å². The summed E-state index contributed by atoms with van der Waals surface area (Å²) in [7, 11) is 0. The predicted octanol–water partition coefficient (Wildman–Crippen LogP) is -2.00. The second-order valence-corrected chi connectivity index (χ2v) is 4.42. The van der Waals surface area contributed by atoms with E-state index in [9.17, 15) is 15.0 Å². The molecule has 0 amide bonds. The lowest BCUT2D eigenvalue weighted by atomic mass is 10.1. The molecule has 0 saturated carbocycles. The summed E-state index contributed by atoms with van der Waals surface area (Å²) in [5, 5.41) is 28.5. The van der Waals surface area contributed by atoms with Crippen LogP contribution in [0.1, 0.15) is 18.7 Å². The minimum absolute atomic E-state index is 0.135. The van der Waals surface area contributed by atoms with Crippen molar-refractivity contribution in [3.05, 3.63) is 22.2 Å². The Morgan fingerprint density at radius 2 is 2.16 bits per heavy atom. The molecular formula is C11H17N3O5. The number of aryl methyl sites for hydroxylation is 1. The molecule has 8 nitrogen and oxygen atoms in total. The Hall–Kier alpha value is -1.48. The van der Waals surface area contributed by atoms with Crippen LogP contribution in [0.2, 0.25) is 0 Å². The van der Waals surface area contributed by atoms with Gasteiger partial charge < -0.3 is 25.8 Å². The topological polar surface area (TPSA) is 131 Å². The van der Waals surface area contributed by atoms with E-state index in [1.807, 2.05) is 6.92 Å². The molecule has 0 spiro atoms. The van der Waals surface area contributed by atoms with E-state index < -0.39 is 36.8 Å². The van der Waals surface area contributed by atoms with Crippen molar-refractivity contribution in [1.29, 1.82) is 0 Å². The zero-order valence-electron chi connectivity index (χ0n) is 10.4. The van der Waals surface area contributed by atoms with Gasteiger partial charge >= 0.3 is 5.69 Å². The van der Waals surface area contributed by atoms with Gasteiger partial charge in [-0.1, -0.05) is 6.92 Å². The first-order valence-electron chi connectivity index (χ1n) is 5.99. The van der Waals surface area contributed by atoms with Gasteiger partial charge in [0.15, 0.2) is 6.23 Å². The van der Waals surface area contributed by atoms with E-state index in [0.29, 0.717) is 12.0 Å². The lowest BCUT2D eigenvalue weighted by Crippen LogP contribution is -2.36. The van der Waals surface area contributed by atoms with E-state index in [-0.39, 0.29) is 5.82 Å². The van der Waals surface area contributed by atoms with Gasteiger partial charge in [0.25, 0.3) is 0 Å². The second kappa shape index (κ2) is 5.25. The van der Waals surface area contributed by atoms with Crippen LogP contribution in [-0.2, 0) is 11.2 Å². The Morgan fingerprint density at radius 3 is 2.68 bits per heavy atom. The van der Waals surface area contributed by atoms with Crippen molar-refractivity contribution in [3.63, 3.8) is 0 Å². The Kier molecular flexibility index (Phi) is 3.85. The first-order valence-corrected chi connectivity index (χ1v) is 5.99. The van der Waals surface area contributed by atoms with Crippen molar-refractivity contribution in [2.75, 3.05) is 12.3 Å². The normalized spacial score (nSPS) is 30.7. The van der Waals surface area contributed by atoms with Crippen LogP contribution in [0, 0.1) is 0 Å². The summed E-state index contributed by atoms with van der Waals surface area (Å²) in [6, 6.07) is 0. The average molecular weight is 271 g/mol. The summed E-state index contributed by atoms with van der Waals surface area (Å²) in [5.41, 5.74) is 5.56. The number of hydrogen-bond acceptors (Lipinski definition) is 7. The number of nitrogen functional groups attached to an aromatic ring is 1. The van der Waals surface area contributed by atoms with Crippen LogP contribution in [-0.4, -0.2) is 49.8 Å². The fourth-order valence-corrected chi connectivity index (χ4v) is 2.09. The summed E-state index contributed by atoms with van der Waals surface area (Å²) in [6.07, 6.45) is -2.58. The number of nitrogens with two attached hydrogens (primary N) is 1. The molecule has 0 unspecified atom stereocenters. The van der Waals surface area contributed by atoms with E-state index in [2.05, 4.69) is 4.98 Å². The summed E-state index contributed by atoms with van der Waals surface area (Å²) in [5.74, 6) is 0.135. The van der Waals surface area contributed by atoms with Crippen molar-refractivity contribution in [3.8, 4) is 0 Å². The van der Waals surface area contributed by atoms with Crippen LogP contribution in [0.3, 0.4) is 0 Å². The van der Waals surface area contributed by atoms with E-state index in [1.54, 1.807) is 0 Å². The molecule has 0 radical (unpaired) electrons. The largest absolute Gasteiger partial charge is 0.394 e. The summed E-state index contributed by atoms with van der Waals surface area (Å²) in [4.78, 5) is 15.4. The van der Waals surface area contributed by atoms with Crippen molar-refractivity contribution in [2.24, 2.45) is 0 Å². The molecule has 1 fully saturated rings. The molecule has 1 aromatic rings. The number of aromatic nitrogens is 2. The molecule has 19 heavy (non-hydrogen) atoms. The SMILES string of the molecule is CCc1cn([C@@H]2O[C@H](CO)[C@H](O)[C@@H]2O)c(=O)nc1N. The standard InChI is InChI=1S/C11H17N3O5/c1-2-5-3-14(11(18)13-9(5)12)10-8(17)7(16)6(4-15)19-10/h3,6-8,10,15-17H,2,4H2,1H3,(H2,12,13,18)/t6-,7+,8+,10-/m1/s1. The predicted molar refractivity (Wildman–Crippen MR) is 65.3 cm³/mol. The third-order valence-electron chi connectivity index (χ3n) is 3.23. The molecule has 0 bridgehead atoms. The number of nitrogens with zero attached hydrogens (tertiary/aromatic N) is 2. The van der Waals surface area contributed by atoms with Crippen LogP contribution < -0.4 is 11.4 Å². The van der Waals surface area contributed by atoms with Crippen LogP contribution in [0.25, 0.3) is 0 Å². The Bertz CT molecular complexity index is 518. The van der Waals surface area contributed by atoms with Gasteiger partial charge in [-0.25, -0.2) is 4.79 Å². The fourth-order valence-electron chi connectivity index (χ4n) is 2.09. The highest BCUT2D eigenvalue weighted by Gasteiger charge is 2.43. The van der Waals surface area contributed by atoms with Crippen molar-refractivity contribution >= 4 is 5.82 Å². The lowest BCUT2D eigenvalue weighted by molar-refractivity contribution is -0.0550. The minimum atomic E-state index is -1.31. The summed E-state index contributed by atoms with van der Waals surface area (Å²) in [6.45, 7) is 1.39. The Labute approximate surface area is 109 Å². The van der Waals surface area contributed by atoms with Gasteiger partial charge in [0.05, 0.1) is 6.61 Å². The van der Waals surface area contributed by atoms with Gasteiger partial charge in [-0.3, -0.25) is 4.57 Å². The molecule has 8 heteroatoms. The first kappa shape index (κ1) is 13.9. The van der Waals surface area contributed by atoms with Gasteiger partial charge in [0, 0.05) is 11.8 Å². The second-order valence-electron chi connectivity index (χ2n) is 4.42. The molecule has 106 valence electrons. The zero-order chi connectivity index (χ0) is 14.2. The maximum Gasteiger partial charge on any atom is 0.351 e. The number of ether oxygens (including phenoxy) is 1. The number of anilines is 1. The fraction of sp³-hybridized carbons (Fsp3) is 0.636.